The van der Waals surface area contributed by atoms with Gasteiger partial charge < -0.3 is 28.8 Å². The first-order valence-corrected chi connectivity index (χ1v) is 8.81. The summed E-state index contributed by atoms with van der Waals surface area (Å²) in [5.41, 5.74) is 1.80. The number of aliphatic hydroxyl groups is 1. The van der Waals surface area contributed by atoms with Gasteiger partial charge in [-0.1, -0.05) is 60.7 Å². The van der Waals surface area contributed by atoms with Crippen LogP contribution in [-0.2, 0) is 23.7 Å². The van der Waals surface area contributed by atoms with E-state index in [2.05, 4.69) is 0 Å². The minimum absolute atomic E-state index is 0.323. The molecule has 3 aliphatic rings. The highest BCUT2D eigenvalue weighted by Gasteiger charge is 2.54. The first-order chi connectivity index (χ1) is 12.8. The monoisotopic (exact) mass is 356 g/mol. The van der Waals surface area contributed by atoms with Gasteiger partial charge in [0.05, 0.1) is 6.61 Å². The van der Waals surface area contributed by atoms with Gasteiger partial charge in [-0.05, 0) is 0 Å². The van der Waals surface area contributed by atoms with Crippen LogP contribution >= 0.6 is 0 Å². The SMILES string of the molecule is O[C@H]1[C@@H]2OC(c3ccccc3)OC[C@@H]2OC2OC(c3ccccc3)O[C@H]21. The standard InChI is InChI=1S/C20H20O6/c21-15-16-14(11-22-18(24-16)12-7-3-1-4-8-12)23-20-17(15)25-19(26-20)13-9-5-2-6-10-13/h1-10,14-21H,11H2/t14-,15-,16+,17-,18?,19?,20?/m0/s1. The molecule has 3 fully saturated rings. The van der Waals surface area contributed by atoms with E-state index in [0.717, 1.165) is 11.1 Å². The van der Waals surface area contributed by atoms with Crippen molar-refractivity contribution in [3.63, 3.8) is 0 Å². The molecule has 0 aliphatic carbocycles. The zero-order valence-corrected chi connectivity index (χ0v) is 14.0. The van der Waals surface area contributed by atoms with Crippen LogP contribution in [0.5, 0.6) is 0 Å². The van der Waals surface area contributed by atoms with E-state index in [-0.39, 0.29) is 0 Å². The number of aliphatic hydroxyl groups excluding tert-OH is 1. The number of hydrogen-bond donors (Lipinski definition) is 1. The number of rotatable bonds is 2. The van der Waals surface area contributed by atoms with Crippen LogP contribution < -0.4 is 0 Å². The molecule has 6 nitrogen and oxygen atoms in total. The van der Waals surface area contributed by atoms with Crippen molar-refractivity contribution in [1.29, 1.82) is 0 Å². The first kappa shape index (κ1) is 16.4. The minimum Gasteiger partial charge on any atom is -0.387 e. The van der Waals surface area contributed by atoms with Gasteiger partial charge in [0.2, 0.25) is 0 Å². The second-order valence-corrected chi connectivity index (χ2v) is 6.69. The Morgan fingerprint density at radius 3 is 2.00 bits per heavy atom. The molecule has 2 aromatic rings. The van der Waals surface area contributed by atoms with Crippen LogP contribution in [0.3, 0.4) is 0 Å². The fraction of sp³-hybridized carbons (Fsp3) is 0.400. The summed E-state index contributed by atoms with van der Waals surface area (Å²) in [6.45, 7) is 0.323. The van der Waals surface area contributed by atoms with E-state index >= 15 is 0 Å². The Hall–Kier alpha value is -1.80. The molecule has 0 saturated carbocycles. The molecule has 0 radical (unpaired) electrons. The Morgan fingerprint density at radius 1 is 0.692 bits per heavy atom. The highest BCUT2D eigenvalue weighted by Crippen LogP contribution is 2.41. The van der Waals surface area contributed by atoms with Gasteiger partial charge >= 0.3 is 0 Å². The summed E-state index contributed by atoms with van der Waals surface area (Å²) in [6, 6.07) is 19.3. The summed E-state index contributed by atoms with van der Waals surface area (Å²) in [5.74, 6) is 0. The van der Waals surface area contributed by atoms with Crippen LogP contribution in [0.15, 0.2) is 60.7 Å². The number of fused-ring (bicyclic) bond motifs is 2. The fourth-order valence-corrected chi connectivity index (χ4v) is 3.66. The van der Waals surface area contributed by atoms with E-state index in [1.54, 1.807) is 0 Å². The van der Waals surface area contributed by atoms with Crippen molar-refractivity contribution in [1.82, 2.24) is 0 Å². The molecular weight excluding hydrogens is 336 g/mol. The average Bonchev–Trinajstić information content (AvgIpc) is 3.14. The van der Waals surface area contributed by atoms with E-state index in [0.29, 0.717) is 6.61 Å². The highest BCUT2D eigenvalue weighted by atomic mass is 16.8. The number of benzene rings is 2. The van der Waals surface area contributed by atoms with E-state index in [1.165, 1.54) is 0 Å². The number of ether oxygens (including phenoxy) is 5. The van der Waals surface area contributed by atoms with Gasteiger partial charge in [-0.25, -0.2) is 0 Å². The van der Waals surface area contributed by atoms with E-state index in [9.17, 15) is 5.11 Å². The molecule has 3 aliphatic heterocycles. The summed E-state index contributed by atoms with van der Waals surface area (Å²) in [7, 11) is 0. The maximum Gasteiger partial charge on any atom is 0.190 e. The van der Waals surface area contributed by atoms with Crippen LogP contribution in [0.1, 0.15) is 23.7 Å². The predicted octanol–water partition coefficient (Wildman–Crippen LogP) is 2.30. The van der Waals surface area contributed by atoms with Crippen molar-refractivity contribution < 1.29 is 28.8 Å². The molecule has 7 atom stereocenters. The second-order valence-electron chi connectivity index (χ2n) is 6.69. The van der Waals surface area contributed by atoms with Crippen LogP contribution in [-0.4, -0.2) is 42.4 Å². The van der Waals surface area contributed by atoms with E-state index in [4.69, 9.17) is 23.7 Å². The van der Waals surface area contributed by atoms with E-state index in [1.807, 2.05) is 60.7 Å². The lowest BCUT2D eigenvalue weighted by atomic mass is 9.98. The summed E-state index contributed by atoms with van der Waals surface area (Å²) in [4.78, 5) is 0. The molecule has 0 spiro atoms. The predicted molar refractivity (Wildman–Crippen MR) is 89.8 cm³/mol. The maximum absolute atomic E-state index is 10.8. The third kappa shape index (κ3) is 2.85. The van der Waals surface area contributed by atoms with Crippen molar-refractivity contribution in [2.24, 2.45) is 0 Å². The lowest BCUT2D eigenvalue weighted by Gasteiger charge is -2.44. The van der Waals surface area contributed by atoms with Gasteiger partial charge in [-0.15, -0.1) is 0 Å². The molecule has 1 N–H and O–H groups in total. The number of hydrogen-bond acceptors (Lipinski definition) is 6. The van der Waals surface area contributed by atoms with Gasteiger partial charge in [0, 0.05) is 11.1 Å². The van der Waals surface area contributed by atoms with Crippen LogP contribution in [0.4, 0.5) is 0 Å². The zero-order chi connectivity index (χ0) is 17.5. The van der Waals surface area contributed by atoms with Crippen molar-refractivity contribution in [3.05, 3.63) is 71.8 Å². The Kier molecular flexibility index (Phi) is 4.24. The van der Waals surface area contributed by atoms with Crippen LogP contribution in [0, 0.1) is 0 Å². The molecule has 3 heterocycles. The Morgan fingerprint density at radius 2 is 1.31 bits per heavy atom. The van der Waals surface area contributed by atoms with E-state index < -0.39 is 43.3 Å². The van der Waals surface area contributed by atoms with Gasteiger partial charge in [-0.2, -0.15) is 0 Å². The minimum atomic E-state index is -0.859. The summed E-state index contributed by atoms with van der Waals surface area (Å²) in [6.07, 6.45) is -4.13. The molecule has 5 rings (SSSR count). The van der Waals surface area contributed by atoms with Gasteiger partial charge in [-0.3, -0.25) is 0 Å². The topological polar surface area (TPSA) is 66.4 Å². The summed E-state index contributed by atoms with van der Waals surface area (Å²) in [5, 5.41) is 10.8. The van der Waals surface area contributed by atoms with Crippen LogP contribution in [0.25, 0.3) is 0 Å². The zero-order valence-electron chi connectivity index (χ0n) is 14.0. The maximum atomic E-state index is 10.8. The normalized spacial score (nSPS) is 39.2. The quantitative estimate of drug-likeness (QED) is 0.891. The molecule has 0 amide bonds. The molecule has 6 heteroatoms. The molecule has 136 valence electrons. The Bertz CT molecular complexity index is 701. The summed E-state index contributed by atoms with van der Waals surface area (Å²) >= 11 is 0. The van der Waals surface area contributed by atoms with Crippen molar-refractivity contribution >= 4 is 0 Å². The smallest absolute Gasteiger partial charge is 0.190 e. The lowest BCUT2D eigenvalue weighted by molar-refractivity contribution is -0.338. The molecule has 0 aromatic heterocycles. The van der Waals surface area contributed by atoms with Crippen molar-refractivity contribution in [2.75, 3.05) is 6.61 Å². The average molecular weight is 356 g/mol. The molecule has 3 saturated heterocycles. The lowest BCUT2D eigenvalue weighted by Crippen LogP contribution is -2.60. The van der Waals surface area contributed by atoms with Crippen molar-refractivity contribution in [3.8, 4) is 0 Å². The second kappa shape index (κ2) is 6.74. The fourth-order valence-electron chi connectivity index (χ4n) is 3.66. The Balaban J connectivity index is 1.33. The highest BCUT2D eigenvalue weighted by molar-refractivity contribution is 5.18. The Labute approximate surface area is 151 Å². The van der Waals surface area contributed by atoms with Gasteiger partial charge in [0.25, 0.3) is 0 Å². The third-order valence-corrected chi connectivity index (χ3v) is 4.99. The van der Waals surface area contributed by atoms with Gasteiger partial charge in [0.15, 0.2) is 18.9 Å². The first-order valence-electron chi connectivity index (χ1n) is 8.81. The largest absolute Gasteiger partial charge is 0.387 e. The molecule has 0 bridgehead atoms. The van der Waals surface area contributed by atoms with Gasteiger partial charge in [0.1, 0.15) is 24.4 Å². The molecule has 26 heavy (non-hydrogen) atoms. The molecule has 3 unspecified atom stereocenters. The van der Waals surface area contributed by atoms with Crippen molar-refractivity contribution in [2.45, 2.75) is 43.3 Å². The molecular formula is C20H20O6. The third-order valence-electron chi connectivity index (χ3n) is 4.99. The van der Waals surface area contributed by atoms with Crippen LogP contribution in [0.2, 0.25) is 0 Å². The molecule has 2 aromatic carbocycles. The summed E-state index contributed by atoms with van der Waals surface area (Å²) < 4.78 is 29.6.